The summed E-state index contributed by atoms with van der Waals surface area (Å²) in [7, 11) is 0. The zero-order chi connectivity index (χ0) is 43.5. The van der Waals surface area contributed by atoms with Gasteiger partial charge < -0.3 is 18.3 Å². The Hall–Kier alpha value is -9.18. The van der Waals surface area contributed by atoms with E-state index in [1.807, 2.05) is 12.4 Å². The largest absolute Gasteiger partial charge is 0.309 e. The Morgan fingerprint density at radius 2 is 0.667 bits per heavy atom. The monoisotopic (exact) mass is 840 g/mol. The van der Waals surface area contributed by atoms with Crippen LogP contribution in [0, 0.1) is 11.3 Å². The molecule has 5 heterocycles. The van der Waals surface area contributed by atoms with Crippen LogP contribution in [0.1, 0.15) is 5.56 Å². The SMILES string of the molecule is N#Cc1cc(-n2c3ccccc3c3ccc(-n4c5ccccc5c5ccccc54)cc32)c(-c2ccncc2)cc1-n1c2ccccc2c2ccc(-n3c4ccccc4c4ccccc43)cc21. The molecule has 6 nitrogen and oxygen atoms in total. The quantitative estimate of drug-likeness (QED) is 0.173. The maximum absolute atomic E-state index is 11.4. The first kappa shape index (κ1) is 36.3. The summed E-state index contributed by atoms with van der Waals surface area (Å²) >= 11 is 0. The van der Waals surface area contributed by atoms with Gasteiger partial charge in [-0.05, 0) is 90.5 Å². The van der Waals surface area contributed by atoms with Crippen molar-refractivity contribution in [2.24, 2.45) is 0 Å². The van der Waals surface area contributed by atoms with Gasteiger partial charge in [-0.25, -0.2) is 0 Å². The van der Waals surface area contributed by atoms with Gasteiger partial charge in [0, 0.05) is 72.4 Å². The van der Waals surface area contributed by atoms with Gasteiger partial charge in [0.25, 0.3) is 0 Å². The summed E-state index contributed by atoms with van der Waals surface area (Å²) < 4.78 is 9.38. The molecule has 66 heavy (non-hydrogen) atoms. The smallest absolute Gasteiger partial charge is 0.101 e. The molecule has 0 aliphatic heterocycles. The molecule has 0 saturated carbocycles. The topological polar surface area (TPSA) is 56.4 Å². The van der Waals surface area contributed by atoms with Crippen molar-refractivity contribution in [3.05, 3.63) is 224 Å². The van der Waals surface area contributed by atoms with Crippen LogP contribution in [0.2, 0.25) is 0 Å². The van der Waals surface area contributed by atoms with Gasteiger partial charge >= 0.3 is 0 Å². The van der Waals surface area contributed by atoms with Crippen LogP contribution >= 0.6 is 0 Å². The van der Waals surface area contributed by atoms with Crippen LogP contribution in [-0.4, -0.2) is 23.3 Å². The Labute approximate surface area is 378 Å². The van der Waals surface area contributed by atoms with Crippen LogP contribution in [0.25, 0.3) is 121 Å². The first-order valence-electron chi connectivity index (χ1n) is 22.3. The highest BCUT2D eigenvalue weighted by Crippen LogP contribution is 2.43. The summed E-state index contributed by atoms with van der Waals surface area (Å²) in [6.45, 7) is 0. The number of fused-ring (bicyclic) bond motifs is 12. The van der Waals surface area contributed by atoms with E-state index in [9.17, 15) is 5.26 Å². The molecule has 306 valence electrons. The van der Waals surface area contributed by atoms with Crippen molar-refractivity contribution < 1.29 is 0 Å². The lowest BCUT2D eigenvalue weighted by atomic mass is 10.00. The van der Waals surface area contributed by atoms with Crippen molar-refractivity contribution in [3.63, 3.8) is 0 Å². The van der Waals surface area contributed by atoms with E-state index in [1.165, 1.54) is 21.5 Å². The summed E-state index contributed by atoms with van der Waals surface area (Å²) in [4.78, 5) is 4.45. The minimum atomic E-state index is 0.567. The lowest BCUT2D eigenvalue weighted by Crippen LogP contribution is -2.04. The normalized spacial score (nSPS) is 11.9. The summed E-state index contributed by atoms with van der Waals surface area (Å²) in [6, 6.07) is 76.4. The Morgan fingerprint density at radius 1 is 0.318 bits per heavy atom. The molecule has 0 aliphatic rings. The van der Waals surface area contributed by atoms with Gasteiger partial charge in [-0.15, -0.1) is 0 Å². The third kappa shape index (κ3) is 5.08. The van der Waals surface area contributed by atoms with Gasteiger partial charge in [0.1, 0.15) is 6.07 Å². The second-order valence-corrected chi connectivity index (χ2v) is 17.1. The fraction of sp³-hybridized carbons (Fsp3) is 0. The van der Waals surface area contributed by atoms with Crippen LogP contribution in [0.3, 0.4) is 0 Å². The number of nitriles is 1. The molecule has 6 heteroatoms. The van der Waals surface area contributed by atoms with Crippen molar-refractivity contribution in [3.8, 4) is 39.9 Å². The number of benzene rings is 9. The van der Waals surface area contributed by atoms with Crippen LogP contribution in [0.4, 0.5) is 0 Å². The van der Waals surface area contributed by atoms with E-state index in [0.717, 1.165) is 99.6 Å². The molecule has 0 fully saturated rings. The summed E-state index contributed by atoms with van der Waals surface area (Å²) in [6.07, 6.45) is 3.70. The lowest BCUT2D eigenvalue weighted by molar-refractivity contribution is 1.12. The van der Waals surface area contributed by atoms with Gasteiger partial charge in [-0.3, -0.25) is 4.98 Å². The standard InChI is InChI=1S/C60H36N6/c61-37-39-33-58(66-56-24-12-6-18-47(56)49-28-26-41(35-60(49)66)64-53-21-9-3-15-44(53)45-16-4-10-22-54(45)64)50(38-29-31-62-32-30-38)36-57(39)65-55-23-11-5-17-46(55)48-27-25-40(34-59(48)65)63-51-19-7-1-13-42(51)43-14-2-8-20-52(43)63/h1-36H. The average molecular weight is 841 g/mol. The van der Waals surface area contributed by atoms with Crippen molar-refractivity contribution in [1.82, 2.24) is 23.3 Å². The van der Waals surface area contributed by atoms with Crippen molar-refractivity contribution >= 4 is 87.2 Å². The molecular formula is C60H36N6. The molecule has 0 atom stereocenters. The van der Waals surface area contributed by atoms with Gasteiger partial charge in [-0.2, -0.15) is 5.26 Å². The van der Waals surface area contributed by atoms with Crippen LogP contribution in [0.15, 0.2) is 219 Å². The molecule has 14 rings (SSSR count). The molecule has 9 aromatic carbocycles. The lowest BCUT2D eigenvalue weighted by Gasteiger charge is -2.19. The number of para-hydroxylation sites is 6. The summed E-state index contributed by atoms with van der Waals surface area (Å²) in [5.41, 5.74) is 15.2. The fourth-order valence-electron chi connectivity index (χ4n) is 10.9. The Bertz CT molecular complexity index is 4260. The first-order chi connectivity index (χ1) is 32.7. The van der Waals surface area contributed by atoms with Gasteiger partial charge in [-0.1, -0.05) is 121 Å². The molecule has 0 spiro atoms. The third-order valence-corrected chi connectivity index (χ3v) is 13.7. The van der Waals surface area contributed by atoms with E-state index in [2.05, 4.69) is 236 Å². The minimum absolute atomic E-state index is 0.567. The number of nitrogens with zero attached hydrogens (tertiary/aromatic N) is 6. The van der Waals surface area contributed by atoms with Crippen molar-refractivity contribution in [2.45, 2.75) is 0 Å². The van der Waals surface area contributed by atoms with E-state index in [-0.39, 0.29) is 0 Å². The van der Waals surface area contributed by atoms with E-state index in [4.69, 9.17) is 0 Å². The number of rotatable bonds is 5. The highest BCUT2D eigenvalue weighted by molar-refractivity contribution is 6.14. The number of hydrogen-bond donors (Lipinski definition) is 0. The molecule has 0 N–H and O–H groups in total. The number of pyridine rings is 1. The third-order valence-electron chi connectivity index (χ3n) is 13.7. The van der Waals surface area contributed by atoms with Crippen molar-refractivity contribution in [1.29, 1.82) is 5.26 Å². The molecule has 0 bridgehead atoms. The molecule has 5 aromatic heterocycles. The first-order valence-corrected chi connectivity index (χ1v) is 22.3. The van der Waals surface area contributed by atoms with E-state index in [1.54, 1.807) is 0 Å². The summed E-state index contributed by atoms with van der Waals surface area (Å²) in [5, 5.41) is 20.8. The highest BCUT2D eigenvalue weighted by Gasteiger charge is 2.23. The Kier molecular flexibility index (Phi) is 7.65. The zero-order valence-corrected chi connectivity index (χ0v) is 35.5. The van der Waals surface area contributed by atoms with Gasteiger partial charge in [0.15, 0.2) is 0 Å². The van der Waals surface area contributed by atoms with Gasteiger partial charge in [0.2, 0.25) is 0 Å². The number of hydrogen-bond acceptors (Lipinski definition) is 2. The molecule has 14 aromatic rings. The maximum Gasteiger partial charge on any atom is 0.101 e. The number of aromatic nitrogens is 5. The van der Waals surface area contributed by atoms with E-state index >= 15 is 0 Å². The van der Waals surface area contributed by atoms with E-state index in [0.29, 0.717) is 5.56 Å². The van der Waals surface area contributed by atoms with Crippen LogP contribution in [0.5, 0.6) is 0 Å². The van der Waals surface area contributed by atoms with Crippen LogP contribution in [-0.2, 0) is 0 Å². The second-order valence-electron chi connectivity index (χ2n) is 17.1. The molecule has 0 amide bonds. The highest BCUT2D eigenvalue weighted by atomic mass is 15.0. The van der Waals surface area contributed by atoms with E-state index < -0.39 is 0 Å². The average Bonchev–Trinajstić information content (AvgIpc) is 4.11. The predicted octanol–water partition coefficient (Wildman–Crippen LogP) is 15.0. The summed E-state index contributed by atoms with van der Waals surface area (Å²) in [5.74, 6) is 0. The predicted molar refractivity (Wildman–Crippen MR) is 272 cm³/mol. The minimum Gasteiger partial charge on any atom is -0.309 e. The molecule has 0 unspecified atom stereocenters. The Morgan fingerprint density at radius 3 is 1.06 bits per heavy atom. The Balaban J connectivity index is 1.06. The molecule has 0 radical (unpaired) electrons. The maximum atomic E-state index is 11.4. The molecule has 0 aliphatic carbocycles. The van der Waals surface area contributed by atoms with Gasteiger partial charge in [0.05, 0.1) is 61.1 Å². The fourth-order valence-corrected chi connectivity index (χ4v) is 10.9. The zero-order valence-electron chi connectivity index (χ0n) is 35.5. The van der Waals surface area contributed by atoms with Crippen molar-refractivity contribution in [2.75, 3.05) is 0 Å². The molecule has 0 saturated heterocycles. The molecular weight excluding hydrogens is 805 g/mol. The van der Waals surface area contributed by atoms with Crippen LogP contribution < -0.4 is 0 Å². The second kappa shape index (κ2) is 13.9.